The van der Waals surface area contributed by atoms with Gasteiger partial charge in [-0.25, -0.2) is 0 Å². The van der Waals surface area contributed by atoms with Crippen LogP contribution in [0.25, 0.3) is 0 Å². The summed E-state index contributed by atoms with van der Waals surface area (Å²) in [5.41, 5.74) is 0.378. The van der Waals surface area contributed by atoms with Gasteiger partial charge in [0.05, 0.1) is 26.0 Å². The van der Waals surface area contributed by atoms with Crippen LogP contribution >= 0.6 is 0 Å². The molecule has 25 heavy (non-hydrogen) atoms. The molecule has 2 fully saturated rings. The lowest BCUT2D eigenvalue weighted by Gasteiger charge is -2.32. The highest BCUT2D eigenvalue weighted by molar-refractivity contribution is 5.92. The van der Waals surface area contributed by atoms with Crippen molar-refractivity contribution in [3.05, 3.63) is 29.9 Å². The topological polar surface area (TPSA) is 90.6 Å². The first-order valence-electron chi connectivity index (χ1n) is 8.51. The summed E-state index contributed by atoms with van der Waals surface area (Å²) in [5.74, 6) is 1.95. The second-order valence-corrected chi connectivity index (χ2v) is 6.42. The molecule has 0 aromatic carbocycles. The first-order valence-corrected chi connectivity index (χ1v) is 8.51. The minimum absolute atomic E-state index is 0.110. The van der Waals surface area contributed by atoms with Crippen LogP contribution in [0.3, 0.4) is 0 Å². The maximum atomic E-state index is 12.7. The Morgan fingerprint density at radius 2 is 2.12 bits per heavy atom. The number of piperidine rings is 1. The summed E-state index contributed by atoms with van der Waals surface area (Å²) in [5, 5.41) is 3.94. The zero-order valence-electron chi connectivity index (χ0n) is 14.1. The van der Waals surface area contributed by atoms with E-state index in [1.165, 1.54) is 13.3 Å². The van der Waals surface area contributed by atoms with Gasteiger partial charge >= 0.3 is 0 Å². The van der Waals surface area contributed by atoms with Gasteiger partial charge in [-0.3, -0.25) is 9.78 Å². The highest BCUT2D eigenvalue weighted by atomic mass is 16.5. The molecule has 132 valence electrons. The molecule has 0 unspecified atom stereocenters. The van der Waals surface area contributed by atoms with Gasteiger partial charge < -0.3 is 18.9 Å². The van der Waals surface area contributed by atoms with Gasteiger partial charge in [0.2, 0.25) is 11.8 Å². The molecule has 1 atom stereocenters. The van der Waals surface area contributed by atoms with Crippen LogP contribution < -0.4 is 9.47 Å². The Kier molecular flexibility index (Phi) is 4.25. The summed E-state index contributed by atoms with van der Waals surface area (Å²) in [4.78, 5) is 22.7. The highest BCUT2D eigenvalue weighted by Crippen LogP contribution is 2.40. The minimum Gasteiger partial charge on any atom is -0.480 e. The zero-order valence-corrected chi connectivity index (χ0v) is 14.1. The van der Waals surface area contributed by atoms with E-state index >= 15 is 0 Å². The fraction of sp³-hybridized carbons (Fsp3) is 0.529. The van der Waals surface area contributed by atoms with E-state index in [2.05, 4.69) is 15.1 Å². The van der Waals surface area contributed by atoms with Gasteiger partial charge in [0, 0.05) is 18.5 Å². The van der Waals surface area contributed by atoms with E-state index < -0.39 is 0 Å². The number of carbonyl (C=O) groups is 1. The summed E-state index contributed by atoms with van der Waals surface area (Å²) >= 11 is 0. The van der Waals surface area contributed by atoms with Crippen molar-refractivity contribution in [3.8, 4) is 11.8 Å². The van der Waals surface area contributed by atoms with E-state index in [-0.39, 0.29) is 12.0 Å². The Hall–Kier alpha value is -2.64. The summed E-state index contributed by atoms with van der Waals surface area (Å²) in [6.45, 7) is 1.18. The van der Waals surface area contributed by atoms with Crippen LogP contribution in [0, 0.1) is 0 Å². The molecule has 0 radical (unpaired) electrons. The quantitative estimate of drug-likeness (QED) is 0.819. The molecule has 4 rings (SSSR count). The van der Waals surface area contributed by atoms with Crippen LogP contribution in [0.1, 0.15) is 47.8 Å². The van der Waals surface area contributed by atoms with Gasteiger partial charge in [-0.05, 0) is 25.7 Å². The van der Waals surface area contributed by atoms with Crippen LogP contribution in [-0.4, -0.2) is 52.2 Å². The largest absolute Gasteiger partial charge is 0.480 e. The molecule has 1 aliphatic heterocycles. The molecule has 0 bridgehead atoms. The molecule has 1 amide bonds. The van der Waals surface area contributed by atoms with Gasteiger partial charge in [0.1, 0.15) is 11.9 Å². The number of hydrogen-bond donors (Lipinski definition) is 0. The average Bonchev–Trinajstić information content (AvgIpc) is 3.38. The van der Waals surface area contributed by atoms with E-state index in [1.807, 2.05) is 0 Å². The Morgan fingerprint density at radius 1 is 1.28 bits per heavy atom. The number of ether oxygens (including phenoxy) is 2. The second-order valence-electron chi connectivity index (χ2n) is 6.42. The molecular weight excluding hydrogens is 324 g/mol. The van der Waals surface area contributed by atoms with Crippen molar-refractivity contribution in [1.82, 2.24) is 20.0 Å². The van der Waals surface area contributed by atoms with Crippen LogP contribution in [-0.2, 0) is 0 Å². The van der Waals surface area contributed by atoms with Gasteiger partial charge in [-0.2, -0.15) is 4.98 Å². The minimum atomic E-state index is -0.131. The van der Waals surface area contributed by atoms with Crippen LogP contribution in [0.4, 0.5) is 0 Å². The van der Waals surface area contributed by atoms with Gasteiger partial charge in [-0.1, -0.05) is 5.16 Å². The number of methoxy groups -OCH3 is 1. The number of amides is 1. The number of carbonyl (C=O) groups excluding carboxylic acids is 1. The monoisotopic (exact) mass is 344 g/mol. The van der Waals surface area contributed by atoms with Crippen molar-refractivity contribution in [2.45, 2.75) is 37.7 Å². The molecule has 1 aliphatic carbocycles. The van der Waals surface area contributed by atoms with E-state index in [0.717, 1.165) is 31.4 Å². The van der Waals surface area contributed by atoms with Crippen LogP contribution in [0.2, 0.25) is 0 Å². The summed E-state index contributed by atoms with van der Waals surface area (Å²) in [6, 6.07) is 1.78. The van der Waals surface area contributed by atoms with E-state index in [9.17, 15) is 4.79 Å². The number of likely N-dealkylation sites (tertiary alicyclic amines) is 1. The predicted octanol–water partition coefficient (Wildman–Crippen LogP) is 2.03. The van der Waals surface area contributed by atoms with E-state index in [0.29, 0.717) is 36.5 Å². The molecule has 2 aromatic heterocycles. The Labute approximate surface area is 145 Å². The second kappa shape index (κ2) is 6.70. The Morgan fingerprint density at radius 3 is 2.92 bits per heavy atom. The maximum Gasteiger partial charge on any atom is 0.276 e. The third-order valence-corrected chi connectivity index (χ3v) is 4.48. The standard InChI is InChI=1S/C17H20N4O4/c1-23-15-8-18-9-16(19-15)24-12-3-2-6-21(10-12)17(22)13-7-14(25-20-13)11-4-5-11/h7-9,11-12H,2-6,10H2,1H3/t12-/m1/s1. The zero-order chi connectivity index (χ0) is 17.2. The van der Waals surface area contributed by atoms with Crippen LogP contribution in [0.5, 0.6) is 11.8 Å². The average molecular weight is 344 g/mol. The van der Waals surface area contributed by atoms with E-state index in [4.69, 9.17) is 14.0 Å². The first kappa shape index (κ1) is 15.9. The molecule has 8 heteroatoms. The molecule has 2 aromatic rings. The molecule has 0 N–H and O–H groups in total. The molecule has 8 nitrogen and oxygen atoms in total. The van der Waals surface area contributed by atoms with Crippen molar-refractivity contribution in [1.29, 1.82) is 0 Å². The first-order chi connectivity index (χ1) is 12.2. The van der Waals surface area contributed by atoms with Gasteiger partial charge in [0.25, 0.3) is 5.91 Å². The SMILES string of the molecule is COc1cncc(O[C@@H]2CCCN(C(=O)c3cc(C4CC4)on3)C2)n1. The normalized spacial score (nSPS) is 20.4. The molecule has 0 spiro atoms. The molecule has 3 heterocycles. The lowest BCUT2D eigenvalue weighted by atomic mass is 10.1. The summed E-state index contributed by atoms with van der Waals surface area (Å²) < 4.78 is 16.2. The maximum absolute atomic E-state index is 12.7. The number of aromatic nitrogens is 3. The van der Waals surface area contributed by atoms with Crippen molar-refractivity contribution in [3.63, 3.8) is 0 Å². The predicted molar refractivity (Wildman–Crippen MR) is 86.6 cm³/mol. The fourth-order valence-electron chi connectivity index (χ4n) is 2.99. The van der Waals surface area contributed by atoms with Crippen LogP contribution in [0.15, 0.2) is 23.0 Å². The molecule has 1 saturated carbocycles. The van der Waals surface area contributed by atoms with Gasteiger partial charge in [0.15, 0.2) is 5.69 Å². The summed E-state index contributed by atoms with van der Waals surface area (Å²) in [6.07, 6.45) is 6.88. The molecular formula is C17H20N4O4. The fourth-order valence-corrected chi connectivity index (χ4v) is 2.99. The number of rotatable bonds is 5. The number of nitrogens with zero attached hydrogens (tertiary/aromatic N) is 4. The molecule has 2 aliphatic rings. The summed E-state index contributed by atoms with van der Waals surface area (Å²) in [7, 11) is 1.53. The Bertz CT molecular complexity index is 759. The lowest BCUT2D eigenvalue weighted by Crippen LogP contribution is -2.44. The van der Waals surface area contributed by atoms with Crippen molar-refractivity contribution >= 4 is 5.91 Å². The lowest BCUT2D eigenvalue weighted by molar-refractivity contribution is 0.0516. The Balaban J connectivity index is 1.40. The number of hydrogen-bond acceptors (Lipinski definition) is 7. The third kappa shape index (κ3) is 3.57. The van der Waals surface area contributed by atoms with Crippen molar-refractivity contribution in [2.75, 3.05) is 20.2 Å². The van der Waals surface area contributed by atoms with Crippen molar-refractivity contribution in [2.24, 2.45) is 0 Å². The third-order valence-electron chi connectivity index (χ3n) is 4.48. The van der Waals surface area contributed by atoms with E-state index in [1.54, 1.807) is 17.2 Å². The van der Waals surface area contributed by atoms with Gasteiger partial charge in [-0.15, -0.1) is 0 Å². The van der Waals surface area contributed by atoms with Crippen molar-refractivity contribution < 1.29 is 18.8 Å². The highest BCUT2D eigenvalue weighted by Gasteiger charge is 2.31. The molecule has 1 saturated heterocycles. The smallest absolute Gasteiger partial charge is 0.276 e.